The Balaban J connectivity index is 2.18. The zero-order valence-corrected chi connectivity index (χ0v) is 10.0. The van der Waals surface area contributed by atoms with Gasteiger partial charge in [0.15, 0.2) is 0 Å². The van der Waals surface area contributed by atoms with Gasteiger partial charge in [0.25, 0.3) is 0 Å². The zero-order valence-electron chi connectivity index (χ0n) is 10.0. The van der Waals surface area contributed by atoms with Gasteiger partial charge >= 0.3 is 0 Å². The summed E-state index contributed by atoms with van der Waals surface area (Å²) in [6.07, 6.45) is 3.48. The number of pyridine rings is 1. The van der Waals surface area contributed by atoms with Gasteiger partial charge in [-0.25, -0.2) is 0 Å². The molecule has 4 aromatic heterocycles. The molecule has 0 saturated carbocycles. The van der Waals surface area contributed by atoms with Crippen molar-refractivity contribution >= 4 is 38.4 Å². The van der Waals surface area contributed by atoms with Gasteiger partial charge < -0.3 is 4.40 Å². The van der Waals surface area contributed by atoms with E-state index in [2.05, 4.69) is 56.8 Å². The van der Waals surface area contributed by atoms with E-state index >= 15 is 0 Å². The van der Waals surface area contributed by atoms with Crippen molar-refractivity contribution < 1.29 is 0 Å². The van der Waals surface area contributed by atoms with E-state index in [1.54, 1.807) is 12.4 Å². The molecule has 0 atom stereocenters. The molecule has 0 aliphatic heterocycles. The molecule has 0 amide bonds. The van der Waals surface area contributed by atoms with Crippen molar-refractivity contribution in [3.05, 3.63) is 54.9 Å². The molecule has 3 heteroatoms. The van der Waals surface area contributed by atoms with Crippen LogP contribution in [0.1, 0.15) is 0 Å². The molecule has 4 heterocycles. The van der Waals surface area contributed by atoms with Gasteiger partial charge in [-0.2, -0.15) is 0 Å². The van der Waals surface area contributed by atoms with Gasteiger partial charge in [0.05, 0.1) is 22.1 Å². The lowest BCUT2D eigenvalue weighted by molar-refractivity contribution is 1.30. The first-order valence-corrected chi connectivity index (χ1v) is 6.28. The normalized spacial score (nSPS) is 12.2. The minimum atomic E-state index is 0.948. The van der Waals surface area contributed by atoms with Crippen molar-refractivity contribution in [2.24, 2.45) is 0 Å². The topological polar surface area (TPSA) is 30.2 Å². The van der Waals surface area contributed by atoms with E-state index in [-0.39, 0.29) is 0 Å². The smallest absolute Gasteiger partial charge is 0.0893 e. The van der Waals surface area contributed by atoms with Crippen molar-refractivity contribution in [1.29, 1.82) is 0 Å². The third-order valence-electron chi connectivity index (χ3n) is 3.83. The van der Waals surface area contributed by atoms with Gasteiger partial charge in [0.2, 0.25) is 0 Å². The Bertz CT molecular complexity index is 1020. The summed E-state index contributed by atoms with van der Waals surface area (Å²) in [4.78, 5) is 8.80. The molecule has 19 heavy (non-hydrogen) atoms. The Morgan fingerprint density at radius 2 is 1.42 bits per heavy atom. The van der Waals surface area contributed by atoms with Crippen molar-refractivity contribution in [3.8, 4) is 0 Å². The standard InChI is InChI=1S/C16H9N3/c1-2-10-4-5-16-12-9-14-13(17-6-7-18-14)8-11(12)15(3-1)19(10)16/h1-9H. The van der Waals surface area contributed by atoms with Gasteiger partial charge in [0.1, 0.15) is 0 Å². The third-order valence-corrected chi connectivity index (χ3v) is 3.83. The van der Waals surface area contributed by atoms with Crippen LogP contribution in [0, 0.1) is 0 Å². The van der Waals surface area contributed by atoms with E-state index in [4.69, 9.17) is 0 Å². The fourth-order valence-electron chi connectivity index (χ4n) is 3.02. The fraction of sp³-hybridized carbons (Fsp3) is 0. The Morgan fingerprint density at radius 1 is 0.737 bits per heavy atom. The molecule has 0 fully saturated rings. The maximum absolute atomic E-state index is 4.40. The van der Waals surface area contributed by atoms with Gasteiger partial charge in [0, 0.05) is 28.7 Å². The van der Waals surface area contributed by atoms with Gasteiger partial charge in [-0.1, -0.05) is 6.07 Å². The molecule has 0 spiro atoms. The zero-order chi connectivity index (χ0) is 12.4. The summed E-state index contributed by atoms with van der Waals surface area (Å²) in [5.74, 6) is 0. The molecule has 0 aliphatic carbocycles. The molecular formula is C16H9N3. The highest BCUT2D eigenvalue weighted by Crippen LogP contribution is 2.33. The maximum Gasteiger partial charge on any atom is 0.0893 e. The van der Waals surface area contributed by atoms with Crippen LogP contribution < -0.4 is 0 Å². The lowest BCUT2D eigenvalue weighted by atomic mass is 10.1. The summed E-state index contributed by atoms with van der Waals surface area (Å²) >= 11 is 0. The highest BCUT2D eigenvalue weighted by molar-refractivity contribution is 6.13. The maximum atomic E-state index is 4.40. The van der Waals surface area contributed by atoms with E-state index in [0.717, 1.165) is 11.0 Å². The van der Waals surface area contributed by atoms with Crippen LogP contribution in [0.4, 0.5) is 0 Å². The van der Waals surface area contributed by atoms with E-state index < -0.39 is 0 Å². The second-order valence-electron chi connectivity index (χ2n) is 4.83. The van der Waals surface area contributed by atoms with Crippen LogP contribution in [-0.4, -0.2) is 14.4 Å². The van der Waals surface area contributed by atoms with Gasteiger partial charge in [-0.05, 0) is 36.4 Å². The molecule has 0 N–H and O–H groups in total. The summed E-state index contributed by atoms with van der Waals surface area (Å²) < 4.78 is 2.30. The van der Waals surface area contributed by atoms with E-state index in [0.29, 0.717) is 0 Å². The van der Waals surface area contributed by atoms with Crippen molar-refractivity contribution in [2.75, 3.05) is 0 Å². The summed E-state index contributed by atoms with van der Waals surface area (Å²) in [6, 6.07) is 15.0. The first-order valence-electron chi connectivity index (χ1n) is 6.28. The van der Waals surface area contributed by atoms with Crippen LogP contribution in [-0.2, 0) is 0 Å². The third kappa shape index (κ3) is 1.03. The number of benzene rings is 1. The van der Waals surface area contributed by atoms with Crippen LogP contribution in [0.15, 0.2) is 54.9 Å². The van der Waals surface area contributed by atoms with Gasteiger partial charge in [-0.3, -0.25) is 9.97 Å². The Hall–Kier alpha value is -2.68. The molecule has 0 unspecified atom stereocenters. The lowest BCUT2D eigenvalue weighted by Crippen LogP contribution is -1.81. The lowest BCUT2D eigenvalue weighted by Gasteiger charge is -1.97. The number of fused-ring (bicyclic) bond motifs is 4. The SMILES string of the molecule is c1cc2ccc3c4cc5nccnc5cc4c(c1)n23. The molecular weight excluding hydrogens is 234 g/mol. The molecule has 5 rings (SSSR count). The summed E-state index contributed by atoms with van der Waals surface area (Å²) in [6.45, 7) is 0. The molecule has 88 valence electrons. The molecule has 0 bridgehead atoms. The monoisotopic (exact) mass is 243 g/mol. The molecule has 0 radical (unpaired) electrons. The Kier molecular flexibility index (Phi) is 1.47. The molecule has 1 aromatic carbocycles. The molecule has 0 aliphatic rings. The van der Waals surface area contributed by atoms with E-state index in [9.17, 15) is 0 Å². The predicted molar refractivity (Wildman–Crippen MR) is 76.7 cm³/mol. The predicted octanol–water partition coefficient (Wildman–Crippen LogP) is 3.63. The second-order valence-corrected chi connectivity index (χ2v) is 4.83. The quantitative estimate of drug-likeness (QED) is 0.416. The van der Waals surface area contributed by atoms with Crippen LogP contribution in [0.2, 0.25) is 0 Å². The average molecular weight is 243 g/mol. The van der Waals surface area contributed by atoms with Crippen LogP contribution in [0.3, 0.4) is 0 Å². The van der Waals surface area contributed by atoms with Crippen LogP contribution >= 0.6 is 0 Å². The molecule has 5 aromatic rings. The number of aromatic nitrogens is 3. The first-order chi connectivity index (χ1) is 9.42. The highest BCUT2D eigenvalue weighted by atomic mass is 14.9. The number of nitrogens with zero attached hydrogens (tertiary/aromatic N) is 3. The van der Waals surface area contributed by atoms with E-state index in [1.807, 2.05) is 0 Å². The van der Waals surface area contributed by atoms with Crippen molar-refractivity contribution in [3.63, 3.8) is 0 Å². The molecule has 3 nitrogen and oxygen atoms in total. The Labute approximate surface area is 108 Å². The summed E-state index contributed by atoms with van der Waals surface area (Å²) in [7, 11) is 0. The Morgan fingerprint density at radius 3 is 2.16 bits per heavy atom. The number of rotatable bonds is 0. The van der Waals surface area contributed by atoms with Crippen molar-refractivity contribution in [1.82, 2.24) is 14.4 Å². The minimum Gasteiger partial charge on any atom is -0.309 e. The van der Waals surface area contributed by atoms with E-state index in [1.165, 1.54) is 27.3 Å². The largest absolute Gasteiger partial charge is 0.309 e. The number of hydrogen-bond acceptors (Lipinski definition) is 2. The average Bonchev–Trinajstić information content (AvgIpc) is 3.02. The summed E-state index contributed by atoms with van der Waals surface area (Å²) in [5, 5.41) is 2.49. The second kappa shape index (κ2) is 3.01. The van der Waals surface area contributed by atoms with Gasteiger partial charge in [-0.15, -0.1) is 0 Å². The van der Waals surface area contributed by atoms with Crippen LogP contribution in [0.5, 0.6) is 0 Å². The number of hydrogen-bond donors (Lipinski definition) is 0. The van der Waals surface area contributed by atoms with Crippen LogP contribution in [0.25, 0.3) is 38.4 Å². The fourth-order valence-corrected chi connectivity index (χ4v) is 3.02. The minimum absolute atomic E-state index is 0.948. The van der Waals surface area contributed by atoms with Crippen molar-refractivity contribution in [2.45, 2.75) is 0 Å². The highest BCUT2D eigenvalue weighted by Gasteiger charge is 2.12. The summed E-state index contributed by atoms with van der Waals surface area (Å²) in [5.41, 5.74) is 5.61. The first kappa shape index (κ1) is 9.28. The molecule has 0 saturated heterocycles.